The Labute approximate surface area is 162 Å². The van der Waals surface area contributed by atoms with Crippen LogP contribution >= 0.6 is 27.7 Å². The molecule has 1 saturated heterocycles. The van der Waals surface area contributed by atoms with E-state index in [2.05, 4.69) is 28.1 Å². The maximum Gasteiger partial charge on any atom is 0.225 e. The van der Waals surface area contributed by atoms with Crippen molar-refractivity contribution in [2.24, 2.45) is 5.92 Å². The molecule has 25 heavy (non-hydrogen) atoms. The summed E-state index contributed by atoms with van der Waals surface area (Å²) in [4.78, 5) is 29.9. The summed E-state index contributed by atoms with van der Waals surface area (Å²) in [6.45, 7) is 2.75. The highest BCUT2D eigenvalue weighted by Gasteiger charge is 2.30. The molecule has 3 rings (SSSR count). The minimum Gasteiger partial charge on any atom is -0.339 e. The van der Waals surface area contributed by atoms with Crippen molar-refractivity contribution in [3.63, 3.8) is 0 Å². The quantitative estimate of drug-likeness (QED) is 0.674. The summed E-state index contributed by atoms with van der Waals surface area (Å²) < 4.78 is 1.07. The molecule has 0 N–H and O–H groups in total. The molecule has 1 aliphatic carbocycles. The smallest absolute Gasteiger partial charge is 0.225 e. The van der Waals surface area contributed by atoms with Crippen LogP contribution < -0.4 is 0 Å². The summed E-state index contributed by atoms with van der Waals surface area (Å²) in [5.41, 5.74) is 0. The Kier molecular flexibility index (Phi) is 6.82. The molecule has 4 nitrogen and oxygen atoms in total. The van der Waals surface area contributed by atoms with Gasteiger partial charge in [-0.1, -0.05) is 28.8 Å². The second kappa shape index (κ2) is 9.08. The maximum atomic E-state index is 12.4. The van der Waals surface area contributed by atoms with E-state index in [4.69, 9.17) is 0 Å². The van der Waals surface area contributed by atoms with E-state index in [-0.39, 0.29) is 11.8 Å². The van der Waals surface area contributed by atoms with Gasteiger partial charge in [-0.3, -0.25) is 9.59 Å². The number of carbonyl (C=O) groups excluding carboxylic acids is 2. The van der Waals surface area contributed by atoms with Gasteiger partial charge in [0.2, 0.25) is 11.8 Å². The zero-order valence-electron chi connectivity index (χ0n) is 14.5. The van der Waals surface area contributed by atoms with Gasteiger partial charge in [-0.15, -0.1) is 11.8 Å². The molecule has 1 aliphatic heterocycles. The van der Waals surface area contributed by atoms with Crippen molar-refractivity contribution >= 4 is 39.5 Å². The van der Waals surface area contributed by atoms with Crippen LogP contribution in [0.25, 0.3) is 0 Å². The van der Waals surface area contributed by atoms with Crippen molar-refractivity contribution < 1.29 is 9.59 Å². The van der Waals surface area contributed by atoms with E-state index in [1.165, 1.54) is 17.7 Å². The third-order valence-corrected chi connectivity index (χ3v) is 6.59. The van der Waals surface area contributed by atoms with Gasteiger partial charge in [-0.05, 0) is 37.1 Å². The number of carbonyl (C=O) groups is 2. The van der Waals surface area contributed by atoms with E-state index in [0.29, 0.717) is 38.5 Å². The lowest BCUT2D eigenvalue weighted by molar-refractivity contribution is -0.141. The van der Waals surface area contributed by atoms with Gasteiger partial charge in [0.15, 0.2) is 0 Å². The summed E-state index contributed by atoms with van der Waals surface area (Å²) in [6, 6.07) is 8.16. The molecule has 2 amide bonds. The van der Waals surface area contributed by atoms with Crippen LogP contribution in [0.5, 0.6) is 0 Å². The molecule has 0 unspecified atom stereocenters. The first-order valence-electron chi connectivity index (χ1n) is 9.08. The van der Waals surface area contributed by atoms with Crippen LogP contribution in [0.15, 0.2) is 33.6 Å². The number of piperazine rings is 1. The number of amides is 2. The predicted octanol–water partition coefficient (Wildman–Crippen LogP) is 3.79. The molecule has 0 aromatic heterocycles. The second-order valence-electron chi connectivity index (χ2n) is 6.74. The van der Waals surface area contributed by atoms with E-state index >= 15 is 0 Å². The largest absolute Gasteiger partial charge is 0.339 e. The molecular formula is C19H25BrN2O2S. The predicted molar refractivity (Wildman–Crippen MR) is 105 cm³/mol. The molecule has 0 radical (unpaired) electrons. The van der Waals surface area contributed by atoms with Crippen LogP contribution in [0.2, 0.25) is 0 Å². The first kappa shape index (κ1) is 18.8. The number of hydrogen-bond acceptors (Lipinski definition) is 3. The second-order valence-corrected chi connectivity index (χ2v) is 8.82. The summed E-state index contributed by atoms with van der Waals surface area (Å²) in [5.74, 6) is 1.55. The Morgan fingerprint density at radius 3 is 2.24 bits per heavy atom. The Bertz CT molecular complexity index is 594. The van der Waals surface area contributed by atoms with Crippen molar-refractivity contribution in [2.75, 3.05) is 31.9 Å². The summed E-state index contributed by atoms with van der Waals surface area (Å²) in [7, 11) is 0. The van der Waals surface area contributed by atoms with E-state index in [9.17, 15) is 9.59 Å². The zero-order valence-corrected chi connectivity index (χ0v) is 16.9. The maximum absolute atomic E-state index is 12.4. The van der Waals surface area contributed by atoms with Crippen molar-refractivity contribution in [3.8, 4) is 0 Å². The van der Waals surface area contributed by atoms with Gasteiger partial charge in [0.05, 0.1) is 0 Å². The lowest BCUT2D eigenvalue weighted by Crippen LogP contribution is -2.51. The molecule has 0 bridgehead atoms. The Morgan fingerprint density at radius 1 is 1.00 bits per heavy atom. The molecule has 136 valence electrons. The van der Waals surface area contributed by atoms with Gasteiger partial charge in [0.25, 0.3) is 0 Å². The van der Waals surface area contributed by atoms with Gasteiger partial charge in [-0.25, -0.2) is 0 Å². The number of hydrogen-bond donors (Lipinski definition) is 0. The number of nitrogens with zero attached hydrogens (tertiary/aromatic N) is 2. The van der Waals surface area contributed by atoms with Crippen molar-refractivity contribution in [1.82, 2.24) is 9.80 Å². The summed E-state index contributed by atoms with van der Waals surface area (Å²) >= 11 is 5.14. The summed E-state index contributed by atoms with van der Waals surface area (Å²) in [6.07, 6.45) is 5.02. The molecule has 0 atom stereocenters. The first-order valence-corrected chi connectivity index (χ1v) is 10.9. The number of rotatable bonds is 5. The van der Waals surface area contributed by atoms with Gasteiger partial charge >= 0.3 is 0 Å². The van der Waals surface area contributed by atoms with Gasteiger partial charge in [0, 0.05) is 53.6 Å². The molecular weight excluding hydrogens is 400 g/mol. The highest BCUT2D eigenvalue weighted by atomic mass is 79.9. The monoisotopic (exact) mass is 424 g/mol. The summed E-state index contributed by atoms with van der Waals surface area (Å²) in [5, 5.41) is 0. The number of benzene rings is 1. The van der Waals surface area contributed by atoms with Crippen LogP contribution in [0, 0.1) is 5.92 Å². The third-order valence-electron chi connectivity index (χ3n) is 5.05. The fourth-order valence-corrected chi connectivity index (χ4v) is 4.66. The van der Waals surface area contributed by atoms with Gasteiger partial charge < -0.3 is 9.80 Å². The fraction of sp³-hybridized carbons (Fsp3) is 0.579. The molecule has 0 spiro atoms. The first-order chi connectivity index (χ1) is 12.1. The molecule has 2 aliphatic rings. The number of halogens is 1. The van der Waals surface area contributed by atoms with Crippen molar-refractivity contribution in [2.45, 2.75) is 37.0 Å². The molecule has 1 saturated carbocycles. The molecule has 2 fully saturated rings. The minimum atomic E-state index is 0.206. The Hall–Kier alpha value is -1.01. The zero-order chi connectivity index (χ0) is 17.6. The highest BCUT2D eigenvalue weighted by Crippen LogP contribution is 2.27. The van der Waals surface area contributed by atoms with E-state index < -0.39 is 0 Å². The Morgan fingerprint density at radius 2 is 1.60 bits per heavy atom. The Balaban J connectivity index is 1.37. The van der Waals surface area contributed by atoms with Crippen LogP contribution in [0.3, 0.4) is 0 Å². The van der Waals surface area contributed by atoms with Gasteiger partial charge in [-0.2, -0.15) is 0 Å². The molecule has 1 heterocycles. The minimum absolute atomic E-state index is 0.206. The number of thioether (sulfide) groups is 1. The standard InChI is InChI=1S/C19H25BrN2O2S/c20-16-5-7-17(8-6-16)25-14-9-18(23)21-10-12-22(13-11-21)19(24)15-3-1-2-4-15/h5-8,15H,1-4,9-14H2. The lowest BCUT2D eigenvalue weighted by atomic mass is 10.1. The SMILES string of the molecule is O=C(CCSc1ccc(Br)cc1)N1CCN(C(=O)C2CCCC2)CC1. The van der Waals surface area contributed by atoms with E-state index in [0.717, 1.165) is 23.1 Å². The average molecular weight is 425 g/mol. The van der Waals surface area contributed by atoms with E-state index in [1.807, 2.05) is 21.9 Å². The molecule has 1 aromatic rings. The van der Waals surface area contributed by atoms with Crippen LogP contribution in [-0.4, -0.2) is 53.5 Å². The topological polar surface area (TPSA) is 40.6 Å². The van der Waals surface area contributed by atoms with Crippen LogP contribution in [-0.2, 0) is 9.59 Å². The van der Waals surface area contributed by atoms with Crippen LogP contribution in [0.1, 0.15) is 32.1 Å². The van der Waals surface area contributed by atoms with Crippen molar-refractivity contribution in [1.29, 1.82) is 0 Å². The van der Waals surface area contributed by atoms with Crippen molar-refractivity contribution in [3.05, 3.63) is 28.7 Å². The fourth-order valence-electron chi connectivity index (χ4n) is 3.55. The molecule has 1 aromatic carbocycles. The average Bonchev–Trinajstić information content (AvgIpc) is 3.17. The van der Waals surface area contributed by atoms with Gasteiger partial charge in [0.1, 0.15) is 0 Å². The normalized spacial score (nSPS) is 18.6. The van der Waals surface area contributed by atoms with E-state index in [1.54, 1.807) is 11.8 Å². The highest BCUT2D eigenvalue weighted by molar-refractivity contribution is 9.10. The van der Waals surface area contributed by atoms with Crippen LogP contribution in [0.4, 0.5) is 0 Å². The lowest BCUT2D eigenvalue weighted by Gasteiger charge is -2.36. The third kappa shape index (κ3) is 5.23. The molecule has 6 heteroatoms.